The number of aryl methyl sites for hydroxylation is 1. The molecule has 0 aromatic carbocycles. The summed E-state index contributed by atoms with van der Waals surface area (Å²) < 4.78 is 1.23. The molecular formula is C12H19ClN4O2. The van der Waals surface area contributed by atoms with Crippen molar-refractivity contribution >= 4 is 23.6 Å². The molecule has 0 aliphatic carbocycles. The van der Waals surface area contributed by atoms with Crippen molar-refractivity contribution in [2.24, 2.45) is 7.05 Å². The maximum absolute atomic E-state index is 11.5. The summed E-state index contributed by atoms with van der Waals surface area (Å²) in [5.74, 6) is 0. The van der Waals surface area contributed by atoms with Crippen molar-refractivity contribution in [1.29, 1.82) is 0 Å². The Labute approximate surface area is 117 Å². The van der Waals surface area contributed by atoms with Crippen LogP contribution in [0.25, 0.3) is 0 Å². The van der Waals surface area contributed by atoms with Gasteiger partial charge in [0, 0.05) is 19.6 Å². The van der Waals surface area contributed by atoms with Crippen molar-refractivity contribution in [3.63, 3.8) is 0 Å². The fraction of sp³-hybridized carbons (Fsp3) is 0.583. The molecule has 1 fully saturated rings. The van der Waals surface area contributed by atoms with E-state index >= 15 is 0 Å². The summed E-state index contributed by atoms with van der Waals surface area (Å²) in [6, 6.07) is 0.344. The molecule has 0 radical (unpaired) electrons. The van der Waals surface area contributed by atoms with Crippen LogP contribution in [0, 0.1) is 0 Å². The predicted molar refractivity (Wildman–Crippen MR) is 75.8 cm³/mol. The Balaban J connectivity index is 0.000000550. The SMILES string of the molecule is CC=O.CN1CCC(Nc2cnn(C)c(=O)c2Cl)C1. The number of nitrogens with one attached hydrogen (secondary N) is 1. The van der Waals surface area contributed by atoms with Gasteiger partial charge < -0.3 is 15.0 Å². The second-order valence-electron chi connectivity index (χ2n) is 4.43. The lowest BCUT2D eigenvalue weighted by Crippen LogP contribution is -2.26. The molecule has 1 aliphatic rings. The number of likely N-dealkylation sites (N-methyl/N-ethyl adjacent to an activating group) is 1. The molecule has 2 heterocycles. The quantitative estimate of drug-likeness (QED) is 0.813. The number of anilines is 1. The molecule has 1 aromatic rings. The Morgan fingerprint density at radius 2 is 2.16 bits per heavy atom. The van der Waals surface area contributed by atoms with Crippen LogP contribution in [0.4, 0.5) is 5.69 Å². The van der Waals surface area contributed by atoms with E-state index in [1.54, 1.807) is 13.2 Å². The van der Waals surface area contributed by atoms with E-state index in [0.717, 1.165) is 25.8 Å². The first kappa shape index (κ1) is 15.7. The highest BCUT2D eigenvalue weighted by Gasteiger charge is 2.20. The smallest absolute Gasteiger partial charge is 0.287 e. The standard InChI is InChI=1S/C10H15ClN4O.C2H4O/c1-14-4-3-7(6-14)13-8-5-12-15(2)10(16)9(8)11;1-2-3/h5,7,13H,3-4,6H2,1-2H3;2H,1H3. The summed E-state index contributed by atoms with van der Waals surface area (Å²) in [5, 5.41) is 7.42. The van der Waals surface area contributed by atoms with Crippen molar-refractivity contribution in [2.45, 2.75) is 19.4 Å². The number of carbonyl (C=O) groups is 1. The summed E-state index contributed by atoms with van der Waals surface area (Å²) >= 11 is 5.96. The van der Waals surface area contributed by atoms with Crippen LogP contribution in [0.3, 0.4) is 0 Å². The Morgan fingerprint density at radius 3 is 2.68 bits per heavy atom. The molecule has 1 aliphatic heterocycles. The van der Waals surface area contributed by atoms with Gasteiger partial charge in [-0.3, -0.25) is 4.79 Å². The van der Waals surface area contributed by atoms with E-state index in [2.05, 4.69) is 22.4 Å². The highest BCUT2D eigenvalue weighted by Crippen LogP contribution is 2.19. The van der Waals surface area contributed by atoms with E-state index in [-0.39, 0.29) is 10.6 Å². The van der Waals surface area contributed by atoms with Gasteiger partial charge >= 0.3 is 0 Å². The lowest BCUT2D eigenvalue weighted by Gasteiger charge is -2.14. The summed E-state index contributed by atoms with van der Waals surface area (Å²) in [4.78, 5) is 22.6. The van der Waals surface area contributed by atoms with Crippen molar-refractivity contribution in [3.05, 3.63) is 21.6 Å². The number of carbonyl (C=O) groups excluding carboxylic acids is 1. The molecular weight excluding hydrogens is 268 g/mol. The maximum Gasteiger partial charge on any atom is 0.287 e. The number of aldehydes is 1. The molecule has 0 saturated carbocycles. The molecule has 1 atom stereocenters. The van der Waals surface area contributed by atoms with Crippen LogP contribution in [0.2, 0.25) is 5.02 Å². The third-order valence-corrected chi connectivity index (χ3v) is 3.19. The van der Waals surface area contributed by atoms with Crippen LogP contribution in [0.5, 0.6) is 0 Å². The average molecular weight is 287 g/mol. The van der Waals surface area contributed by atoms with Crippen LogP contribution in [-0.2, 0) is 11.8 Å². The Bertz CT molecular complexity index is 489. The zero-order chi connectivity index (χ0) is 14.4. The molecule has 0 spiro atoms. The van der Waals surface area contributed by atoms with Crippen LogP contribution < -0.4 is 10.9 Å². The van der Waals surface area contributed by atoms with Gasteiger partial charge in [0.15, 0.2) is 0 Å². The highest BCUT2D eigenvalue weighted by molar-refractivity contribution is 6.32. The third kappa shape index (κ3) is 4.33. The van der Waals surface area contributed by atoms with Crippen LogP contribution in [0.1, 0.15) is 13.3 Å². The van der Waals surface area contributed by atoms with Crippen molar-refractivity contribution in [3.8, 4) is 0 Å². The number of hydrogen-bond donors (Lipinski definition) is 1. The first-order chi connectivity index (χ1) is 8.99. The zero-order valence-electron chi connectivity index (χ0n) is 11.4. The van der Waals surface area contributed by atoms with E-state index in [1.165, 1.54) is 11.6 Å². The van der Waals surface area contributed by atoms with Crippen molar-refractivity contribution < 1.29 is 4.79 Å². The monoisotopic (exact) mass is 286 g/mol. The van der Waals surface area contributed by atoms with Crippen molar-refractivity contribution in [1.82, 2.24) is 14.7 Å². The first-order valence-corrected chi connectivity index (χ1v) is 6.44. The fourth-order valence-corrected chi connectivity index (χ4v) is 2.11. The number of aromatic nitrogens is 2. The van der Waals surface area contributed by atoms with Gasteiger partial charge in [-0.1, -0.05) is 11.6 Å². The number of hydrogen-bond acceptors (Lipinski definition) is 5. The van der Waals surface area contributed by atoms with Gasteiger partial charge in [0.05, 0.1) is 11.9 Å². The molecule has 1 aromatic heterocycles. The minimum atomic E-state index is -0.266. The number of nitrogens with zero attached hydrogens (tertiary/aromatic N) is 3. The summed E-state index contributed by atoms with van der Waals surface area (Å²) in [5.41, 5.74) is 0.364. The number of rotatable bonds is 2. The second-order valence-corrected chi connectivity index (χ2v) is 4.81. The van der Waals surface area contributed by atoms with Crippen LogP contribution in [0.15, 0.2) is 11.0 Å². The summed E-state index contributed by atoms with van der Waals surface area (Å²) in [7, 11) is 3.66. The topological polar surface area (TPSA) is 67.2 Å². The predicted octanol–water partition coefficient (Wildman–Crippen LogP) is 0.755. The molecule has 19 heavy (non-hydrogen) atoms. The maximum atomic E-state index is 11.5. The molecule has 1 unspecified atom stereocenters. The Hall–Kier alpha value is -1.40. The summed E-state index contributed by atoms with van der Waals surface area (Å²) in [6.07, 6.45) is 3.41. The van der Waals surface area contributed by atoms with E-state index in [4.69, 9.17) is 16.4 Å². The Kier molecular flexibility index (Phi) is 5.98. The van der Waals surface area contributed by atoms with Crippen molar-refractivity contribution in [2.75, 3.05) is 25.5 Å². The van der Waals surface area contributed by atoms with E-state index < -0.39 is 0 Å². The van der Waals surface area contributed by atoms with E-state index in [0.29, 0.717) is 11.7 Å². The van der Waals surface area contributed by atoms with E-state index in [1.807, 2.05) is 0 Å². The molecule has 7 heteroatoms. The minimum Gasteiger partial charge on any atom is -0.378 e. The van der Waals surface area contributed by atoms with E-state index in [9.17, 15) is 4.79 Å². The number of likely N-dealkylation sites (tertiary alicyclic amines) is 1. The van der Waals surface area contributed by atoms with Gasteiger partial charge in [-0.25, -0.2) is 4.68 Å². The lowest BCUT2D eigenvalue weighted by molar-refractivity contribution is -0.106. The zero-order valence-corrected chi connectivity index (χ0v) is 12.1. The normalized spacial score (nSPS) is 18.6. The second kappa shape index (κ2) is 7.25. The summed E-state index contributed by atoms with van der Waals surface area (Å²) in [6.45, 7) is 3.47. The molecule has 106 valence electrons. The molecule has 2 rings (SSSR count). The van der Waals surface area contributed by atoms with Gasteiger partial charge in [0.2, 0.25) is 0 Å². The minimum absolute atomic E-state index is 0.215. The van der Waals surface area contributed by atoms with Gasteiger partial charge in [-0.05, 0) is 26.9 Å². The van der Waals surface area contributed by atoms with Gasteiger partial charge in [0.1, 0.15) is 11.3 Å². The van der Waals surface area contributed by atoms with Gasteiger partial charge in [-0.2, -0.15) is 5.10 Å². The molecule has 0 amide bonds. The van der Waals surface area contributed by atoms with Gasteiger partial charge in [-0.15, -0.1) is 0 Å². The molecule has 6 nitrogen and oxygen atoms in total. The van der Waals surface area contributed by atoms with Crippen LogP contribution in [-0.4, -0.2) is 47.1 Å². The van der Waals surface area contributed by atoms with Crippen LogP contribution >= 0.6 is 11.6 Å². The highest BCUT2D eigenvalue weighted by atomic mass is 35.5. The average Bonchev–Trinajstić information content (AvgIpc) is 2.77. The first-order valence-electron chi connectivity index (χ1n) is 6.06. The van der Waals surface area contributed by atoms with Gasteiger partial charge in [0.25, 0.3) is 5.56 Å². The fourth-order valence-electron chi connectivity index (χ4n) is 1.88. The number of halogens is 1. The molecule has 1 saturated heterocycles. The largest absolute Gasteiger partial charge is 0.378 e. The third-order valence-electron chi connectivity index (χ3n) is 2.83. The molecule has 0 bridgehead atoms. The lowest BCUT2D eigenvalue weighted by atomic mass is 10.2. The Morgan fingerprint density at radius 1 is 1.53 bits per heavy atom. The molecule has 1 N–H and O–H groups in total.